The Kier molecular flexibility index (Phi) is 3.00. The number of para-hydroxylation sites is 1. The average Bonchev–Trinajstić information content (AvgIpc) is 3.04. The van der Waals surface area contributed by atoms with E-state index in [1.165, 1.54) is 22.2 Å². The molecule has 0 fully saturated rings. The Morgan fingerprint density at radius 2 is 1.86 bits per heavy atom. The molecule has 3 aromatic rings. The van der Waals surface area contributed by atoms with Crippen LogP contribution in [-0.2, 0) is 12.8 Å². The topological polar surface area (TPSA) is 44.9 Å². The van der Waals surface area contributed by atoms with E-state index in [0.29, 0.717) is 0 Å². The van der Waals surface area contributed by atoms with Crippen molar-refractivity contribution in [3.8, 4) is 0 Å². The summed E-state index contributed by atoms with van der Waals surface area (Å²) in [6, 6.07) is 16.3. The molecule has 2 N–H and O–H groups in total. The highest BCUT2D eigenvalue weighted by Gasteiger charge is 2.26. The van der Waals surface area contributed by atoms with E-state index in [0.717, 1.165) is 24.0 Å². The van der Waals surface area contributed by atoms with Gasteiger partial charge in [0.15, 0.2) is 0 Å². The van der Waals surface area contributed by atoms with Crippen LogP contribution in [0.5, 0.6) is 0 Å². The average molecular weight is 290 g/mol. The lowest BCUT2D eigenvalue weighted by Crippen LogP contribution is -2.35. The van der Waals surface area contributed by atoms with E-state index in [1.807, 2.05) is 37.3 Å². The molecule has 1 amide bonds. The Morgan fingerprint density at radius 1 is 1.09 bits per heavy atom. The standard InChI is InChI=1S/C19H18N2O/c1-12-6-2-3-7-14(12)19(22)20-13-10-16-15-8-4-5-9-17(15)21-18(16)11-13/h2-9,13,21H,10-11H2,1H3,(H,20,22). The molecule has 0 saturated heterocycles. The van der Waals surface area contributed by atoms with E-state index >= 15 is 0 Å². The Balaban J connectivity index is 1.54. The van der Waals surface area contributed by atoms with Crippen LogP contribution in [0.3, 0.4) is 0 Å². The number of aryl methyl sites for hydroxylation is 1. The minimum absolute atomic E-state index is 0.0255. The molecule has 0 aliphatic heterocycles. The highest BCUT2D eigenvalue weighted by molar-refractivity contribution is 5.96. The normalized spacial score (nSPS) is 16.7. The van der Waals surface area contributed by atoms with Crippen LogP contribution in [0.25, 0.3) is 10.9 Å². The number of aromatic nitrogens is 1. The zero-order valence-electron chi connectivity index (χ0n) is 12.5. The maximum atomic E-state index is 12.4. The molecule has 0 saturated carbocycles. The van der Waals surface area contributed by atoms with Crippen LogP contribution in [0.15, 0.2) is 48.5 Å². The van der Waals surface area contributed by atoms with Crippen molar-refractivity contribution in [2.45, 2.75) is 25.8 Å². The SMILES string of the molecule is Cc1ccccc1C(=O)NC1Cc2[nH]c3ccccc3c2C1. The second kappa shape index (κ2) is 5.02. The lowest BCUT2D eigenvalue weighted by atomic mass is 10.1. The van der Waals surface area contributed by atoms with E-state index in [4.69, 9.17) is 0 Å². The number of benzene rings is 2. The van der Waals surface area contributed by atoms with E-state index in [1.54, 1.807) is 0 Å². The van der Waals surface area contributed by atoms with Crippen molar-refractivity contribution < 1.29 is 4.79 Å². The van der Waals surface area contributed by atoms with Crippen molar-refractivity contribution in [2.24, 2.45) is 0 Å². The first-order valence-electron chi connectivity index (χ1n) is 7.67. The van der Waals surface area contributed by atoms with E-state index in [2.05, 4.69) is 28.5 Å². The van der Waals surface area contributed by atoms with Gasteiger partial charge >= 0.3 is 0 Å². The molecule has 22 heavy (non-hydrogen) atoms. The summed E-state index contributed by atoms with van der Waals surface area (Å²) < 4.78 is 0. The fourth-order valence-electron chi connectivity index (χ4n) is 3.42. The fraction of sp³-hybridized carbons (Fsp3) is 0.211. The second-order valence-electron chi connectivity index (χ2n) is 6.02. The van der Waals surface area contributed by atoms with Crippen molar-refractivity contribution in [3.63, 3.8) is 0 Å². The number of fused-ring (bicyclic) bond motifs is 3. The Hall–Kier alpha value is -2.55. The molecule has 3 nitrogen and oxygen atoms in total. The summed E-state index contributed by atoms with van der Waals surface area (Å²) in [6.07, 6.45) is 1.78. The van der Waals surface area contributed by atoms with E-state index in [9.17, 15) is 4.79 Å². The molecular formula is C19H18N2O. The maximum absolute atomic E-state index is 12.4. The molecular weight excluding hydrogens is 272 g/mol. The van der Waals surface area contributed by atoms with Gasteiger partial charge in [-0.05, 0) is 36.6 Å². The zero-order valence-corrected chi connectivity index (χ0v) is 12.5. The van der Waals surface area contributed by atoms with Crippen molar-refractivity contribution >= 4 is 16.8 Å². The largest absolute Gasteiger partial charge is 0.358 e. The third kappa shape index (κ3) is 2.10. The number of aromatic amines is 1. The van der Waals surface area contributed by atoms with E-state index in [-0.39, 0.29) is 11.9 Å². The smallest absolute Gasteiger partial charge is 0.251 e. The van der Waals surface area contributed by atoms with Gasteiger partial charge in [0.25, 0.3) is 5.91 Å². The summed E-state index contributed by atoms with van der Waals surface area (Å²) in [7, 11) is 0. The number of nitrogens with one attached hydrogen (secondary N) is 2. The van der Waals surface area contributed by atoms with Gasteiger partial charge in [-0.1, -0.05) is 36.4 Å². The van der Waals surface area contributed by atoms with Crippen LogP contribution in [0.2, 0.25) is 0 Å². The predicted molar refractivity (Wildman–Crippen MR) is 88.1 cm³/mol. The molecule has 1 atom stereocenters. The van der Waals surface area contributed by atoms with Gasteiger partial charge in [0, 0.05) is 34.6 Å². The predicted octanol–water partition coefficient (Wildman–Crippen LogP) is 3.37. The zero-order chi connectivity index (χ0) is 15.1. The maximum Gasteiger partial charge on any atom is 0.251 e. The summed E-state index contributed by atoms with van der Waals surface area (Å²) in [5.41, 5.74) is 5.59. The van der Waals surface area contributed by atoms with Crippen LogP contribution >= 0.6 is 0 Å². The molecule has 3 heteroatoms. The van der Waals surface area contributed by atoms with Gasteiger partial charge < -0.3 is 10.3 Å². The highest BCUT2D eigenvalue weighted by atomic mass is 16.1. The molecule has 2 aromatic carbocycles. The minimum Gasteiger partial charge on any atom is -0.358 e. The fourth-order valence-corrected chi connectivity index (χ4v) is 3.42. The molecule has 0 bridgehead atoms. The van der Waals surface area contributed by atoms with Gasteiger partial charge in [0.05, 0.1) is 0 Å². The van der Waals surface area contributed by atoms with Gasteiger partial charge in [-0.3, -0.25) is 4.79 Å². The van der Waals surface area contributed by atoms with Crippen LogP contribution in [0.1, 0.15) is 27.2 Å². The Bertz CT molecular complexity index is 863. The molecule has 4 rings (SSSR count). The Labute approximate surface area is 129 Å². The van der Waals surface area contributed by atoms with Gasteiger partial charge in [0.1, 0.15) is 0 Å². The van der Waals surface area contributed by atoms with Gasteiger partial charge in [-0.15, -0.1) is 0 Å². The van der Waals surface area contributed by atoms with Crippen LogP contribution in [0, 0.1) is 6.92 Å². The summed E-state index contributed by atoms with van der Waals surface area (Å²) in [5.74, 6) is 0.0255. The molecule has 1 aromatic heterocycles. The second-order valence-corrected chi connectivity index (χ2v) is 6.02. The number of rotatable bonds is 2. The van der Waals surface area contributed by atoms with Gasteiger partial charge in [-0.2, -0.15) is 0 Å². The van der Waals surface area contributed by atoms with E-state index < -0.39 is 0 Å². The first-order chi connectivity index (χ1) is 10.7. The van der Waals surface area contributed by atoms with Crippen molar-refractivity contribution in [2.75, 3.05) is 0 Å². The van der Waals surface area contributed by atoms with Gasteiger partial charge in [0.2, 0.25) is 0 Å². The van der Waals surface area contributed by atoms with Crippen LogP contribution in [0.4, 0.5) is 0 Å². The summed E-state index contributed by atoms with van der Waals surface area (Å²) in [5, 5.41) is 4.46. The lowest BCUT2D eigenvalue weighted by molar-refractivity contribution is 0.0938. The van der Waals surface area contributed by atoms with Crippen LogP contribution < -0.4 is 5.32 Å². The first-order valence-corrected chi connectivity index (χ1v) is 7.67. The summed E-state index contributed by atoms with van der Waals surface area (Å²) in [6.45, 7) is 1.97. The molecule has 1 unspecified atom stereocenters. The van der Waals surface area contributed by atoms with Gasteiger partial charge in [-0.25, -0.2) is 0 Å². The van der Waals surface area contributed by atoms with Crippen LogP contribution in [-0.4, -0.2) is 16.9 Å². The third-order valence-corrected chi connectivity index (χ3v) is 4.53. The van der Waals surface area contributed by atoms with Crippen molar-refractivity contribution in [1.82, 2.24) is 10.3 Å². The third-order valence-electron chi connectivity index (χ3n) is 4.53. The first kappa shape index (κ1) is 13.1. The van der Waals surface area contributed by atoms with Crippen molar-refractivity contribution in [3.05, 3.63) is 70.9 Å². The van der Waals surface area contributed by atoms with Crippen molar-refractivity contribution in [1.29, 1.82) is 0 Å². The summed E-state index contributed by atoms with van der Waals surface area (Å²) >= 11 is 0. The number of carbonyl (C=O) groups is 1. The number of H-pyrrole nitrogens is 1. The highest BCUT2D eigenvalue weighted by Crippen LogP contribution is 2.30. The number of hydrogen-bond acceptors (Lipinski definition) is 1. The number of carbonyl (C=O) groups excluding carboxylic acids is 1. The number of hydrogen-bond donors (Lipinski definition) is 2. The molecule has 0 radical (unpaired) electrons. The molecule has 0 spiro atoms. The lowest BCUT2D eigenvalue weighted by Gasteiger charge is -2.13. The summed E-state index contributed by atoms with van der Waals surface area (Å²) in [4.78, 5) is 15.9. The molecule has 1 heterocycles. The minimum atomic E-state index is 0.0255. The monoisotopic (exact) mass is 290 g/mol. The molecule has 110 valence electrons. The molecule has 1 aliphatic carbocycles. The Morgan fingerprint density at radius 3 is 2.73 bits per heavy atom. The quantitative estimate of drug-likeness (QED) is 0.746. The number of amides is 1. The molecule has 1 aliphatic rings.